The summed E-state index contributed by atoms with van der Waals surface area (Å²) in [5, 5.41) is 4.08. The monoisotopic (exact) mass is 409 g/mol. The highest BCUT2D eigenvalue weighted by Gasteiger charge is 2.35. The molecule has 1 aliphatic rings. The molecular weight excluding hydrogens is 394 g/mol. The average Bonchev–Trinajstić information content (AvgIpc) is 2.90. The van der Waals surface area contributed by atoms with E-state index in [9.17, 15) is 9.59 Å². The standard InChI is InChI=1S/C21H16ClN3O2S/c1-12-16(15-8-3-4-9-18(15)24(12)2)11-17-19(26)23-21(28)25(20(17)27)14-7-5-6-13(22)10-14/h3-11H,1-2H3,(H,23,26,28)/b17-11-. The zero-order valence-electron chi connectivity index (χ0n) is 15.2. The van der Waals surface area contributed by atoms with Gasteiger partial charge in [-0.2, -0.15) is 0 Å². The van der Waals surface area contributed by atoms with Gasteiger partial charge in [-0.15, -0.1) is 0 Å². The minimum atomic E-state index is -0.513. The number of nitrogens with one attached hydrogen (secondary N) is 1. The third-order valence-electron chi connectivity index (χ3n) is 4.91. The van der Waals surface area contributed by atoms with Crippen LogP contribution in [0.15, 0.2) is 54.1 Å². The van der Waals surface area contributed by atoms with Gasteiger partial charge in [0.2, 0.25) is 0 Å². The molecule has 2 heterocycles. The van der Waals surface area contributed by atoms with Gasteiger partial charge in [-0.25, -0.2) is 0 Å². The van der Waals surface area contributed by atoms with Crippen LogP contribution >= 0.6 is 23.8 Å². The fraction of sp³-hybridized carbons (Fsp3) is 0.0952. The van der Waals surface area contributed by atoms with Crippen LogP contribution in [0, 0.1) is 6.92 Å². The minimum Gasteiger partial charge on any atom is -0.347 e. The van der Waals surface area contributed by atoms with Crippen LogP contribution in [-0.2, 0) is 16.6 Å². The molecule has 3 aromatic rings. The fourth-order valence-electron chi connectivity index (χ4n) is 3.38. The Morgan fingerprint density at radius 2 is 1.86 bits per heavy atom. The van der Waals surface area contributed by atoms with Crippen molar-refractivity contribution < 1.29 is 9.59 Å². The molecule has 0 saturated carbocycles. The summed E-state index contributed by atoms with van der Waals surface area (Å²) < 4.78 is 2.03. The van der Waals surface area contributed by atoms with Crippen LogP contribution in [0.4, 0.5) is 5.69 Å². The van der Waals surface area contributed by atoms with Gasteiger partial charge in [0.1, 0.15) is 5.57 Å². The van der Waals surface area contributed by atoms with Gasteiger partial charge in [0, 0.05) is 34.2 Å². The highest BCUT2D eigenvalue weighted by Crippen LogP contribution is 2.29. The van der Waals surface area contributed by atoms with E-state index in [0.29, 0.717) is 10.7 Å². The van der Waals surface area contributed by atoms with Gasteiger partial charge in [-0.05, 0) is 49.5 Å². The van der Waals surface area contributed by atoms with Crippen molar-refractivity contribution in [3.63, 3.8) is 0 Å². The summed E-state index contributed by atoms with van der Waals surface area (Å²) in [6.07, 6.45) is 1.63. The molecule has 1 N–H and O–H groups in total. The molecule has 2 aromatic carbocycles. The van der Waals surface area contributed by atoms with Gasteiger partial charge < -0.3 is 4.57 Å². The van der Waals surface area contributed by atoms with Gasteiger partial charge in [0.15, 0.2) is 5.11 Å². The van der Waals surface area contributed by atoms with Gasteiger partial charge in [-0.3, -0.25) is 19.8 Å². The summed E-state index contributed by atoms with van der Waals surface area (Å²) in [5.41, 5.74) is 3.33. The number of anilines is 1. The molecule has 2 amide bonds. The van der Waals surface area contributed by atoms with E-state index in [2.05, 4.69) is 5.32 Å². The number of halogens is 1. The Hall–Kier alpha value is -2.96. The second-order valence-electron chi connectivity index (χ2n) is 6.51. The Labute approximate surface area is 172 Å². The lowest BCUT2D eigenvalue weighted by Gasteiger charge is -2.29. The number of para-hydroxylation sites is 1. The van der Waals surface area contributed by atoms with E-state index < -0.39 is 11.8 Å². The van der Waals surface area contributed by atoms with Gasteiger partial charge >= 0.3 is 0 Å². The molecule has 1 aliphatic heterocycles. The van der Waals surface area contributed by atoms with Crippen LogP contribution < -0.4 is 10.2 Å². The number of thiocarbonyl (C=S) groups is 1. The highest BCUT2D eigenvalue weighted by atomic mass is 35.5. The zero-order valence-corrected chi connectivity index (χ0v) is 16.8. The molecule has 5 nitrogen and oxygen atoms in total. The van der Waals surface area contributed by atoms with Crippen molar-refractivity contribution in [3.05, 3.63) is 70.4 Å². The number of aryl methyl sites for hydroxylation is 1. The lowest BCUT2D eigenvalue weighted by atomic mass is 10.0. The largest absolute Gasteiger partial charge is 0.347 e. The van der Waals surface area contributed by atoms with Crippen molar-refractivity contribution in [3.8, 4) is 0 Å². The SMILES string of the molecule is Cc1c(/C=C2/C(=O)NC(=S)N(c3cccc(Cl)c3)C2=O)c2ccccc2n1C. The number of amides is 2. The Morgan fingerprint density at radius 1 is 1.11 bits per heavy atom. The van der Waals surface area contributed by atoms with Crippen molar-refractivity contribution in [2.45, 2.75) is 6.92 Å². The lowest BCUT2D eigenvalue weighted by Crippen LogP contribution is -2.54. The Kier molecular flexibility index (Phi) is 4.53. The van der Waals surface area contributed by atoms with Crippen molar-refractivity contribution in [1.82, 2.24) is 9.88 Å². The fourth-order valence-corrected chi connectivity index (χ4v) is 3.85. The number of benzene rings is 2. The molecule has 0 aliphatic carbocycles. The molecule has 0 unspecified atom stereocenters. The van der Waals surface area contributed by atoms with E-state index in [1.165, 1.54) is 4.90 Å². The van der Waals surface area contributed by atoms with Crippen molar-refractivity contribution in [2.75, 3.05) is 4.90 Å². The van der Waals surface area contributed by atoms with E-state index in [-0.39, 0.29) is 10.7 Å². The Bertz CT molecular complexity index is 1200. The first-order chi connectivity index (χ1) is 13.4. The summed E-state index contributed by atoms with van der Waals surface area (Å²) in [7, 11) is 1.95. The zero-order chi connectivity index (χ0) is 20.0. The first-order valence-electron chi connectivity index (χ1n) is 8.59. The summed E-state index contributed by atoms with van der Waals surface area (Å²) in [4.78, 5) is 27.0. The smallest absolute Gasteiger partial charge is 0.270 e. The second-order valence-corrected chi connectivity index (χ2v) is 7.34. The number of carbonyl (C=O) groups excluding carboxylic acids is 2. The van der Waals surface area contributed by atoms with Crippen LogP contribution in [0.5, 0.6) is 0 Å². The molecule has 0 atom stereocenters. The first kappa shape index (κ1) is 18.4. The molecule has 0 radical (unpaired) electrons. The summed E-state index contributed by atoms with van der Waals surface area (Å²) in [6.45, 7) is 1.96. The average molecular weight is 410 g/mol. The Balaban J connectivity index is 1.86. The third kappa shape index (κ3) is 2.91. The third-order valence-corrected chi connectivity index (χ3v) is 5.42. The van der Waals surface area contributed by atoms with Crippen molar-refractivity contribution in [2.24, 2.45) is 7.05 Å². The predicted molar refractivity (Wildman–Crippen MR) is 115 cm³/mol. The van der Waals surface area contributed by atoms with E-state index >= 15 is 0 Å². The molecule has 140 valence electrons. The molecule has 4 rings (SSSR count). The quantitative estimate of drug-likeness (QED) is 0.396. The molecule has 1 saturated heterocycles. The topological polar surface area (TPSA) is 54.3 Å². The maximum absolute atomic E-state index is 13.2. The van der Waals surface area contributed by atoms with Gasteiger partial charge in [-0.1, -0.05) is 35.9 Å². The summed E-state index contributed by atoms with van der Waals surface area (Å²) in [5.74, 6) is -0.996. The maximum Gasteiger partial charge on any atom is 0.270 e. The number of carbonyl (C=O) groups is 2. The molecule has 7 heteroatoms. The number of hydrogen-bond donors (Lipinski definition) is 1. The number of nitrogens with zero attached hydrogens (tertiary/aromatic N) is 2. The minimum absolute atomic E-state index is 0.0213. The van der Waals surface area contributed by atoms with Gasteiger partial charge in [0.25, 0.3) is 11.8 Å². The van der Waals surface area contributed by atoms with Crippen LogP contribution in [0.2, 0.25) is 5.02 Å². The first-order valence-corrected chi connectivity index (χ1v) is 9.38. The van der Waals surface area contributed by atoms with Crippen molar-refractivity contribution in [1.29, 1.82) is 0 Å². The number of rotatable bonds is 2. The summed E-state index contributed by atoms with van der Waals surface area (Å²) in [6, 6.07) is 14.6. The maximum atomic E-state index is 13.2. The Morgan fingerprint density at radius 3 is 2.61 bits per heavy atom. The molecule has 1 aromatic heterocycles. The molecule has 0 bridgehead atoms. The van der Waals surface area contributed by atoms with Gasteiger partial charge in [0.05, 0.1) is 5.69 Å². The molecule has 0 spiro atoms. The number of hydrogen-bond acceptors (Lipinski definition) is 3. The second kappa shape index (κ2) is 6.89. The number of fused-ring (bicyclic) bond motifs is 1. The molecule has 1 fully saturated rings. The van der Waals surface area contributed by atoms with E-state index in [1.807, 2.05) is 42.8 Å². The van der Waals surface area contributed by atoms with E-state index in [1.54, 1.807) is 30.3 Å². The van der Waals surface area contributed by atoms with Crippen LogP contribution in [0.3, 0.4) is 0 Å². The van der Waals surface area contributed by atoms with E-state index in [4.69, 9.17) is 23.8 Å². The molecule has 28 heavy (non-hydrogen) atoms. The van der Waals surface area contributed by atoms with Crippen LogP contribution in [0.25, 0.3) is 17.0 Å². The highest BCUT2D eigenvalue weighted by molar-refractivity contribution is 7.80. The van der Waals surface area contributed by atoms with Crippen LogP contribution in [-0.4, -0.2) is 21.5 Å². The normalized spacial score (nSPS) is 16.2. The summed E-state index contributed by atoms with van der Waals surface area (Å²) >= 11 is 11.3. The van der Waals surface area contributed by atoms with Crippen molar-refractivity contribution >= 4 is 63.4 Å². The number of aromatic nitrogens is 1. The predicted octanol–water partition coefficient (Wildman–Crippen LogP) is 3.97. The van der Waals surface area contributed by atoms with E-state index in [0.717, 1.165) is 22.2 Å². The van der Waals surface area contributed by atoms with Crippen LogP contribution in [0.1, 0.15) is 11.3 Å². The molecular formula is C21H16ClN3O2S. The lowest BCUT2D eigenvalue weighted by molar-refractivity contribution is -0.122.